The molecule has 0 rings (SSSR count). The minimum absolute atomic E-state index is 0.441. The van der Waals surface area contributed by atoms with Crippen LogP contribution >= 0.6 is 0 Å². The van der Waals surface area contributed by atoms with Crippen molar-refractivity contribution in [2.45, 2.75) is 33.2 Å². The molecular weight excluding hydrogens is 160 g/mol. The Balaban J connectivity index is 3.28. The van der Waals surface area contributed by atoms with E-state index in [4.69, 9.17) is 0 Å². The minimum Gasteiger partial charge on any atom is -0.311 e. The molecule has 78 valence electrons. The molecule has 13 heavy (non-hydrogen) atoms. The van der Waals surface area contributed by atoms with Gasteiger partial charge in [-0.3, -0.25) is 0 Å². The summed E-state index contributed by atoms with van der Waals surface area (Å²) < 4.78 is 0. The van der Waals surface area contributed by atoms with Crippen LogP contribution in [0.1, 0.15) is 27.2 Å². The monoisotopic (exact) mass is 184 g/mol. The highest BCUT2D eigenvalue weighted by molar-refractivity contribution is 4.80. The lowest BCUT2D eigenvalue weighted by Crippen LogP contribution is -2.30. The summed E-state index contributed by atoms with van der Waals surface area (Å²) in [4.78, 5) is 2.44. The van der Waals surface area contributed by atoms with Crippen molar-refractivity contribution in [3.63, 3.8) is 0 Å². The number of nitrogens with zero attached hydrogens (tertiary/aromatic N) is 1. The van der Waals surface area contributed by atoms with Crippen molar-refractivity contribution in [3.05, 3.63) is 12.7 Å². The van der Waals surface area contributed by atoms with Crippen LogP contribution in [0.3, 0.4) is 0 Å². The fraction of sp³-hybridized carbons (Fsp3) is 0.818. The first kappa shape index (κ1) is 12.7. The first-order valence-corrected chi connectivity index (χ1v) is 5.32. The van der Waals surface area contributed by atoms with Crippen molar-refractivity contribution in [2.75, 3.05) is 26.2 Å². The van der Waals surface area contributed by atoms with Gasteiger partial charge in [0.05, 0.1) is 0 Å². The molecule has 0 aliphatic heterocycles. The van der Waals surface area contributed by atoms with E-state index in [0.29, 0.717) is 6.04 Å². The number of hydrogen-bond acceptors (Lipinski definition) is 2. The fourth-order valence-electron chi connectivity index (χ4n) is 1.26. The Kier molecular flexibility index (Phi) is 8.05. The quantitative estimate of drug-likeness (QED) is 0.458. The first-order valence-electron chi connectivity index (χ1n) is 5.32. The van der Waals surface area contributed by atoms with Crippen molar-refractivity contribution in [1.82, 2.24) is 10.2 Å². The summed E-state index contributed by atoms with van der Waals surface area (Å²) in [5.41, 5.74) is 0. The molecule has 0 bridgehead atoms. The average molecular weight is 184 g/mol. The van der Waals surface area contributed by atoms with Crippen LogP contribution in [-0.4, -0.2) is 37.1 Å². The largest absolute Gasteiger partial charge is 0.311 e. The van der Waals surface area contributed by atoms with E-state index in [2.05, 4.69) is 37.6 Å². The summed E-state index contributed by atoms with van der Waals surface area (Å²) in [6, 6.07) is 0.441. The zero-order valence-electron chi connectivity index (χ0n) is 9.34. The number of rotatable bonds is 8. The third-order valence-corrected chi connectivity index (χ3v) is 2.37. The molecule has 0 saturated carbocycles. The maximum absolute atomic E-state index is 3.73. The second kappa shape index (κ2) is 8.27. The second-order valence-corrected chi connectivity index (χ2v) is 3.36. The highest BCUT2D eigenvalue weighted by atomic mass is 15.1. The third-order valence-electron chi connectivity index (χ3n) is 2.37. The molecule has 0 amide bonds. The van der Waals surface area contributed by atoms with Gasteiger partial charge in [-0.15, -0.1) is 6.58 Å². The van der Waals surface area contributed by atoms with Crippen LogP contribution in [-0.2, 0) is 0 Å². The lowest BCUT2D eigenvalue weighted by Gasteiger charge is -2.18. The Morgan fingerprint density at radius 2 is 2.00 bits per heavy atom. The highest BCUT2D eigenvalue weighted by Gasteiger charge is 1.98. The van der Waals surface area contributed by atoms with Crippen molar-refractivity contribution in [3.8, 4) is 0 Å². The molecule has 0 aliphatic rings. The van der Waals surface area contributed by atoms with E-state index in [0.717, 1.165) is 19.6 Å². The normalized spacial score (nSPS) is 13.2. The third kappa shape index (κ3) is 6.79. The summed E-state index contributed by atoms with van der Waals surface area (Å²) in [6.07, 6.45) is 3.16. The van der Waals surface area contributed by atoms with Crippen molar-refractivity contribution < 1.29 is 0 Å². The number of hydrogen-bond donors (Lipinski definition) is 1. The molecule has 1 unspecified atom stereocenters. The van der Waals surface area contributed by atoms with Crippen LogP contribution in [0.2, 0.25) is 0 Å². The van der Waals surface area contributed by atoms with Crippen LogP contribution in [0.5, 0.6) is 0 Å². The molecule has 0 fully saturated rings. The van der Waals surface area contributed by atoms with E-state index in [1.807, 2.05) is 6.08 Å². The smallest absolute Gasteiger partial charge is 0.0219 e. The zero-order chi connectivity index (χ0) is 10.1. The predicted octanol–water partition coefficient (Wildman–Crippen LogP) is 1.88. The summed E-state index contributed by atoms with van der Waals surface area (Å²) in [7, 11) is 0. The van der Waals surface area contributed by atoms with Crippen LogP contribution < -0.4 is 5.32 Å². The molecule has 0 aromatic heterocycles. The van der Waals surface area contributed by atoms with Gasteiger partial charge in [-0.25, -0.2) is 0 Å². The summed E-state index contributed by atoms with van der Waals surface area (Å²) >= 11 is 0. The van der Waals surface area contributed by atoms with E-state index >= 15 is 0 Å². The molecule has 1 N–H and O–H groups in total. The van der Waals surface area contributed by atoms with Gasteiger partial charge in [0, 0.05) is 6.04 Å². The standard InChI is InChI=1S/C11H24N2/c1-5-11(4)12-9-8-10-13(6-2)7-3/h5,11-12H,1,6-10H2,2-4H3. The molecule has 0 aliphatic carbocycles. The molecule has 0 aromatic carbocycles. The molecule has 0 spiro atoms. The highest BCUT2D eigenvalue weighted by Crippen LogP contribution is 1.90. The van der Waals surface area contributed by atoms with E-state index in [1.165, 1.54) is 13.0 Å². The van der Waals surface area contributed by atoms with Gasteiger partial charge in [-0.2, -0.15) is 0 Å². The molecule has 2 nitrogen and oxygen atoms in total. The molecule has 2 heteroatoms. The molecule has 0 radical (unpaired) electrons. The Morgan fingerprint density at radius 1 is 1.38 bits per heavy atom. The Bertz CT molecular complexity index is 119. The zero-order valence-corrected chi connectivity index (χ0v) is 9.34. The Morgan fingerprint density at radius 3 is 2.46 bits per heavy atom. The predicted molar refractivity (Wildman–Crippen MR) is 60.1 cm³/mol. The van der Waals surface area contributed by atoms with Gasteiger partial charge < -0.3 is 10.2 Å². The van der Waals surface area contributed by atoms with Crippen molar-refractivity contribution in [2.24, 2.45) is 0 Å². The van der Waals surface area contributed by atoms with Crippen LogP contribution in [0.4, 0.5) is 0 Å². The maximum Gasteiger partial charge on any atom is 0.0219 e. The molecule has 0 aromatic rings. The van der Waals surface area contributed by atoms with Gasteiger partial charge in [0.15, 0.2) is 0 Å². The van der Waals surface area contributed by atoms with Crippen LogP contribution in [0.25, 0.3) is 0 Å². The second-order valence-electron chi connectivity index (χ2n) is 3.36. The summed E-state index contributed by atoms with van der Waals surface area (Å²) in [6.45, 7) is 14.9. The average Bonchev–Trinajstić information content (AvgIpc) is 2.18. The molecule has 0 heterocycles. The Labute approximate surface area is 83.0 Å². The lowest BCUT2D eigenvalue weighted by atomic mass is 10.3. The van der Waals surface area contributed by atoms with Crippen LogP contribution in [0.15, 0.2) is 12.7 Å². The molecular formula is C11H24N2. The van der Waals surface area contributed by atoms with Gasteiger partial charge in [0.25, 0.3) is 0 Å². The van der Waals surface area contributed by atoms with Crippen molar-refractivity contribution in [1.29, 1.82) is 0 Å². The van der Waals surface area contributed by atoms with Crippen molar-refractivity contribution >= 4 is 0 Å². The first-order chi connectivity index (χ1) is 6.24. The van der Waals surface area contributed by atoms with Crippen LogP contribution in [0, 0.1) is 0 Å². The van der Waals surface area contributed by atoms with Gasteiger partial charge in [0.1, 0.15) is 0 Å². The molecule has 1 atom stereocenters. The van der Waals surface area contributed by atoms with E-state index in [1.54, 1.807) is 0 Å². The molecule has 0 saturated heterocycles. The van der Waals surface area contributed by atoms with Gasteiger partial charge in [-0.05, 0) is 39.5 Å². The van der Waals surface area contributed by atoms with Gasteiger partial charge >= 0.3 is 0 Å². The van der Waals surface area contributed by atoms with Gasteiger partial charge in [-0.1, -0.05) is 19.9 Å². The topological polar surface area (TPSA) is 15.3 Å². The van der Waals surface area contributed by atoms with E-state index in [-0.39, 0.29) is 0 Å². The summed E-state index contributed by atoms with van der Waals surface area (Å²) in [5, 5.41) is 3.39. The SMILES string of the molecule is C=CC(C)NCCCN(CC)CC. The minimum atomic E-state index is 0.441. The lowest BCUT2D eigenvalue weighted by molar-refractivity contribution is 0.297. The van der Waals surface area contributed by atoms with Gasteiger partial charge in [0.2, 0.25) is 0 Å². The summed E-state index contributed by atoms with van der Waals surface area (Å²) in [5.74, 6) is 0. The maximum atomic E-state index is 3.73. The van der Waals surface area contributed by atoms with E-state index < -0.39 is 0 Å². The van der Waals surface area contributed by atoms with E-state index in [9.17, 15) is 0 Å². The Hall–Kier alpha value is -0.340. The number of nitrogens with one attached hydrogen (secondary N) is 1. The fourth-order valence-corrected chi connectivity index (χ4v) is 1.26.